The van der Waals surface area contributed by atoms with Gasteiger partial charge in [0.05, 0.1) is 14.2 Å². The fraction of sp³-hybridized carbons (Fsp3) is 0.200. The Labute approximate surface area is 86.3 Å². The van der Waals surface area contributed by atoms with Crippen LogP contribution < -0.4 is 9.47 Å². The van der Waals surface area contributed by atoms with Crippen molar-refractivity contribution in [3.05, 3.63) is 28.7 Å². The minimum Gasteiger partial charge on any atom is -0.493 e. The number of ether oxygens (including phenoxy) is 2. The van der Waals surface area contributed by atoms with Gasteiger partial charge in [0.15, 0.2) is 11.5 Å². The van der Waals surface area contributed by atoms with Gasteiger partial charge in [-0.3, -0.25) is 0 Å². The molecule has 0 aromatic heterocycles. The van der Waals surface area contributed by atoms with E-state index in [1.165, 1.54) is 0 Å². The fourth-order valence-corrected chi connectivity index (χ4v) is 1.51. The van der Waals surface area contributed by atoms with Crippen LogP contribution in [0.25, 0.3) is 6.08 Å². The highest BCUT2D eigenvalue weighted by Crippen LogP contribution is 2.33. The predicted octanol–water partition coefficient (Wildman–Crippen LogP) is 3.11. The highest BCUT2D eigenvalue weighted by atomic mass is 79.9. The second kappa shape index (κ2) is 4.33. The summed E-state index contributed by atoms with van der Waals surface area (Å²) in [5.41, 5.74) is 0.984. The molecule has 3 heteroatoms. The van der Waals surface area contributed by atoms with Gasteiger partial charge in [-0.25, -0.2) is 0 Å². The van der Waals surface area contributed by atoms with E-state index < -0.39 is 0 Å². The van der Waals surface area contributed by atoms with Crippen molar-refractivity contribution in [1.29, 1.82) is 0 Å². The molecule has 0 saturated heterocycles. The zero-order valence-corrected chi connectivity index (χ0v) is 9.22. The normalized spacial score (nSPS) is 9.46. The number of methoxy groups -OCH3 is 2. The van der Waals surface area contributed by atoms with Gasteiger partial charge < -0.3 is 9.47 Å². The maximum atomic E-state index is 5.14. The lowest BCUT2D eigenvalue weighted by molar-refractivity contribution is 0.354. The molecule has 0 N–H and O–H groups in total. The molecule has 0 unspecified atom stereocenters. The quantitative estimate of drug-likeness (QED) is 0.812. The third-order valence-electron chi connectivity index (χ3n) is 1.72. The van der Waals surface area contributed by atoms with Crippen LogP contribution >= 0.6 is 15.9 Å². The highest BCUT2D eigenvalue weighted by molar-refractivity contribution is 9.10. The van der Waals surface area contributed by atoms with E-state index in [4.69, 9.17) is 9.47 Å². The van der Waals surface area contributed by atoms with Gasteiger partial charge in [-0.05, 0) is 17.7 Å². The lowest BCUT2D eigenvalue weighted by Gasteiger charge is -2.09. The van der Waals surface area contributed by atoms with E-state index in [1.807, 2.05) is 12.1 Å². The first-order valence-electron chi connectivity index (χ1n) is 3.77. The molecule has 0 bridgehead atoms. The lowest BCUT2D eigenvalue weighted by atomic mass is 10.2. The van der Waals surface area contributed by atoms with Crippen LogP contribution in [0, 0.1) is 0 Å². The molecule has 1 aromatic carbocycles. The van der Waals surface area contributed by atoms with E-state index in [0.717, 1.165) is 10.0 Å². The first kappa shape index (κ1) is 10.1. The molecule has 0 radical (unpaired) electrons. The van der Waals surface area contributed by atoms with Crippen molar-refractivity contribution in [3.8, 4) is 11.5 Å². The zero-order chi connectivity index (χ0) is 9.84. The molecule has 0 aliphatic carbocycles. The Morgan fingerprint density at radius 3 is 2.23 bits per heavy atom. The van der Waals surface area contributed by atoms with Crippen molar-refractivity contribution < 1.29 is 9.47 Å². The van der Waals surface area contributed by atoms with Gasteiger partial charge in [-0.1, -0.05) is 28.6 Å². The van der Waals surface area contributed by atoms with Crippen LogP contribution in [0.3, 0.4) is 0 Å². The summed E-state index contributed by atoms with van der Waals surface area (Å²) in [7, 11) is 3.22. The molecule has 1 aromatic rings. The molecule has 70 valence electrons. The Balaban J connectivity index is 3.26. The number of hydrogen-bond acceptors (Lipinski definition) is 2. The monoisotopic (exact) mass is 242 g/mol. The van der Waals surface area contributed by atoms with Crippen molar-refractivity contribution in [1.82, 2.24) is 0 Å². The number of benzene rings is 1. The molecule has 0 heterocycles. The maximum Gasteiger partial charge on any atom is 0.161 e. The van der Waals surface area contributed by atoms with Crippen molar-refractivity contribution in [3.63, 3.8) is 0 Å². The first-order chi connectivity index (χ1) is 6.22. The fourth-order valence-electron chi connectivity index (χ4n) is 1.03. The molecular weight excluding hydrogens is 232 g/mol. The van der Waals surface area contributed by atoms with Crippen LogP contribution in [-0.2, 0) is 0 Å². The predicted molar refractivity (Wildman–Crippen MR) is 57.3 cm³/mol. The summed E-state index contributed by atoms with van der Waals surface area (Å²) in [6, 6.07) is 3.73. The Morgan fingerprint density at radius 2 is 1.77 bits per heavy atom. The van der Waals surface area contributed by atoms with Gasteiger partial charge in [-0.15, -0.1) is 0 Å². The standard InChI is InChI=1S/C10H11BrO2/c1-4-7-5-9(12-2)10(13-3)6-8(7)11/h4-6H,1H2,2-3H3. The summed E-state index contributed by atoms with van der Waals surface area (Å²) in [5, 5.41) is 0. The van der Waals surface area contributed by atoms with Crippen LogP contribution in [-0.4, -0.2) is 14.2 Å². The molecule has 0 aliphatic heterocycles. The maximum absolute atomic E-state index is 5.14. The van der Waals surface area contributed by atoms with Crippen molar-refractivity contribution in [2.45, 2.75) is 0 Å². The molecule has 0 spiro atoms. The molecule has 0 atom stereocenters. The third-order valence-corrected chi connectivity index (χ3v) is 2.41. The lowest BCUT2D eigenvalue weighted by Crippen LogP contribution is -1.91. The van der Waals surface area contributed by atoms with E-state index in [9.17, 15) is 0 Å². The van der Waals surface area contributed by atoms with Crippen LogP contribution in [0.1, 0.15) is 5.56 Å². The van der Waals surface area contributed by atoms with Gasteiger partial charge >= 0.3 is 0 Å². The van der Waals surface area contributed by atoms with Crippen LogP contribution in [0.15, 0.2) is 23.2 Å². The Hall–Kier alpha value is -0.960. The van der Waals surface area contributed by atoms with E-state index in [1.54, 1.807) is 20.3 Å². The summed E-state index contributed by atoms with van der Waals surface area (Å²) in [4.78, 5) is 0. The molecule has 0 aliphatic rings. The van der Waals surface area contributed by atoms with Crippen LogP contribution in [0.5, 0.6) is 11.5 Å². The molecule has 0 fully saturated rings. The summed E-state index contributed by atoms with van der Waals surface area (Å²) < 4.78 is 11.2. The third kappa shape index (κ3) is 2.04. The van der Waals surface area contributed by atoms with E-state index in [0.29, 0.717) is 11.5 Å². The Morgan fingerprint density at radius 1 is 1.23 bits per heavy atom. The second-order valence-corrected chi connectivity index (χ2v) is 3.29. The van der Waals surface area contributed by atoms with E-state index in [-0.39, 0.29) is 0 Å². The molecule has 0 saturated carbocycles. The molecule has 13 heavy (non-hydrogen) atoms. The summed E-state index contributed by atoms with van der Waals surface area (Å²) in [6.07, 6.45) is 1.76. The van der Waals surface area contributed by atoms with Crippen molar-refractivity contribution in [2.75, 3.05) is 14.2 Å². The minimum atomic E-state index is 0.708. The van der Waals surface area contributed by atoms with Gasteiger partial charge in [0, 0.05) is 4.47 Å². The number of halogens is 1. The summed E-state index contributed by atoms with van der Waals surface area (Å²) in [6.45, 7) is 3.70. The average Bonchev–Trinajstić information content (AvgIpc) is 2.17. The van der Waals surface area contributed by atoms with E-state index >= 15 is 0 Å². The highest BCUT2D eigenvalue weighted by Gasteiger charge is 2.06. The zero-order valence-electron chi connectivity index (χ0n) is 7.63. The second-order valence-electron chi connectivity index (χ2n) is 2.43. The number of hydrogen-bond donors (Lipinski definition) is 0. The van der Waals surface area contributed by atoms with Crippen LogP contribution in [0.2, 0.25) is 0 Å². The molecule has 1 rings (SSSR count). The topological polar surface area (TPSA) is 18.5 Å². The number of rotatable bonds is 3. The summed E-state index contributed by atoms with van der Waals surface area (Å²) in [5.74, 6) is 1.42. The Kier molecular flexibility index (Phi) is 3.37. The SMILES string of the molecule is C=Cc1cc(OC)c(OC)cc1Br. The molecule has 0 amide bonds. The van der Waals surface area contributed by atoms with Gasteiger partial charge in [0.25, 0.3) is 0 Å². The van der Waals surface area contributed by atoms with E-state index in [2.05, 4.69) is 22.5 Å². The Bertz CT molecular complexity index is 321. The average molecular weight is 243 g/mol. The molecule has 2 nitrogen and oxygen atoms in total. The van der Waals surface area contributed by atoms with Crippen molar-refractivity contribution in [2.24, 2.45) is 0 Å². The van der Waals surface area contributed by atoms with Gasteiger partial charge in [-0.2, -0.15) is 0 Å². The first-order valence-corrected chi connectivity index (χ1v) is 4.56. The molecular formula is C10H11BrO2. The minimum absolute atomic E-state index is 0.708. The smallest absolute Gasteiger partial charge is 0.161 e. The largest absolute Gasteiger partial charge is 0.493 e. The van der Waals surface area contributed by atoms with Gasteiger partial charge in [0.1, 0.15) is 0 Å². The van der Waals surface area contributed by atoms with Crippen LogP contribution in [0.4, 0.5) is 0 Å². The van der Waals surface area contributed by atoms with Crippen molar-refractivity contribution >= 4 is 22.0 Å². The summed E-state index contributed by atoms with van der Waals surface area (Å²) >= 11 is 3.40. The van der Waals surface area contributed by atoms with Gasteiger partial charge in [0.2, 0.25) is 0 Å².